The van der Waals surface area contributed by atoms with Gasteiger partial charge in [-0.2, -0.15) is 4.68 Å². The van der Waals surface area contributed by atoms with Crippen molar-refractivity contribution in [2.45, 2.75) is 32.6 Å². The first-order chi connectivity index (χ1) is 8.83. The van der Waals surface area contributed by atoms with Gasteiger partial charge < -0.3 is 0 Å². The summed E-state index contributed by atoms with van der Waals surface area (Å²) in [5.41, 5.74) is 1.54. The normalized spacial score (nSPS) is 11.4. The molecule has 0 fully saturated rings. The molecule has 0 radical (unpaired) electrons. The highest BCUT2D eigenvalue weighted by atomic mass is 16.2. The summed E-state index contributed by atoms with van der Waals surface area (Å²) in [5, 5.41) is 7.88. The molecule has 0 N–H and O–H groups in total. The monoisotopic (exact) mass is 243 g/mol. The fourth-order valence-electron chi connectivity index (χ4n) is 1.81. The molecule has 0 saturated heterocycles. The van der Waals surface area contributed by atoms with Crippen molar-refractivity contribution < 1.29 is 4.79 Å². The lowest BCUT2D eigenvalue weighted by atomic mass is 10.2. The van der Waals surface area contributed by atoms with Crippen LogP contribution in [0.1, 0.15) is 37.4 Å². The molecule has 18 heavy (non-hydrogen) atoms. The number of hydrogen-bond donors (Lipinski definition) is 0. The largest absolute Gasteiger partial charge is 0.273 e. The Hall–Kier alpha value is -1.97. The molecule has 0 atom stereocenters. The van der Waals surface area contributed by atoms with E-state index < -0.39 is 0 Å². The maximum Gasteiger partial charge on any atom is 0.248 e. The van der Waals surface area contributed by atoms with Crippen molar-refractivity contribution in [3.8, 4) is 0 Å². The minimum absolute atomic E-state index is 0.00796. The first kappa shape index (κ1) is 12.5. The van der Waals surface area contributed by atoms with Crippen molar-refractivity contribution >= 4 is 16.9 Å². The van der Waals surface area contributed by atoms with Gasteiger partial charge >= 0.3 is 0 Å². The molecule has 0 aliphatic carbocycles. The van der Waals surface area contributed by atoms with E-state index in [0.29, 0.717) is 6.42 Å². The Morgan fingerprint density at radius 1 is 1.33 bits per heavy atom. The number of para-hydroxylation sites is 1. The van der Waals surface area contributed by atoms with Crippen molar-refractivity contribution in [3.63, 3.8) is 0 Å². The van der Waals surface area contributed by atoms with Crippen LogP contribution in [0.15, 0.2) is 36.4 Å². The highest BCUT2D eigenvalue weighted by Gasteiger charge is 2.10. The Balaban J connectivity index is 1.99. The van der Waals surface area contributed by atoms with Crippen molar-refractivity contribution in [2.24, 2.45) is 0 Å². The van der Waals surface area contributed by atoms with E-state index in [1.807, 2.05) is 24.3 Å². The maximum atomic E-state index is 12.0. The quantitative estimate of drug-likeness (QED) is 0.598. The lowest BCUT2D eigenvalue weighted by Gasteiger charge is -1.99. The third-order valence-electron chi connectivity index (χ3n) is 2.75. The molecule has 1 aromatic carbocycles. The second kappa shape index (κ2) is 6.10. The van der Waals surface area contributed by atoms with Gasteiger partial charge in [0.05, 0.1) is 5.52 Å². The third-order valence-corrected chi connectivity index (χ3v) is 2.75. The summed E-state index contributed by atoms with van der Waals surface area (Å²) in [6.45, 7) is 2.10. The van der Waals surface area contributed by atoms with Gasteiger partial charge in [-0.15, -0.1) is 5.10 Å². The molecule has 1 aromatic heterocycles. The maximum absolute atomic E-state index is 12.0. The summed E-state index contributed by atoms with van der Waals surface area (Å²) in [6.07, 6.45) is 7.57. The van der Waals surface area contributed by atoms with Crippen LogP contribution in [-0.4, -0.2) is 20.9 Å². The highest BCUT2D eigenvalue weighted by molar-refractivity contribution is 5.88. The number of unbranched alkanes of at least 4 members (excludes halogenated alkanes) is 1. The van der Waals surface area contributed by atoms with Crippen LogP contribution >= 0.6 is 0 Å². The molecular formula is C14H17N3O. The predicted molar refractivity (Wildman–Crippen MR) is 71.4 cm³/mol. The number of fused-ring (bicyclic) bond motifs is 1. The molecule has 1 heterocycles. The molecule has 0 bridgehead atoms. The molecule has 4 nitrogen and oxygen atoms in total. The van der Waals surface area contributed by atoms with Crippen LogP contribution < -0.4 is 0 Å². The molecule has 4 heteroatoms. The standard InChI is InChI=1S/C14H17N3O/c1-2-3-4-5-6-11-14(18)17-13-10-8-7-9-12(13)15-16-17/h3-4,7-10H,2,5-6,11H2,1H3/b4-3+. The Kier molecular flexibility index (Phi) is 4.23. The van der Waals surface area contributed by atoms with Gasteiger partial charge in [-0.25, -0.2) is 0 Å². The number of carbonyl (C=O) groups excluding carboxylic acids is 1. The molecule has 0 aliphatic heterocycles. The Morgan fingerprint density at radius 2 is 2.17 bits per heavy atom. The first-order valence-electron chi connectivity index (χ1n) is 6.31. The van der Waals surface area contributed by atoms with Crippen molar-refractivity contribution in [3.05, 3.63) is 36.4 Å². The van der Waals surface area contributed by atoms with Crippen molar-refractivity contribution in [1.29, 1.82) is 0 Å². The molecule has 0 aliphatic rings. The van der Waals surface area contributed by atoms with Crippen LogP contribution in [0.5, 0.6) is 0 Å². The molecule has 2 rings (SSSR count). The average molecular weight is 243 g/mol. The van der Waals surface area contributed by atoms with Crippen LogP contribution in [0.2, 0.25) is 0 Å². The summed E-state index contributed by atoms with van der Waals surface area (Å²) in [5.74, 6) is 0.00796. The van der Waals surface area contributed by atoms with E-state index in [1.54, 1.807) is 0 Å². The van der Waals surface area contributed by atoms with E-state index >= 15 is 0 Å². The van der Waals surface area contributed by atoms with Crippen molar-refractivity contribution in [1.82, 2.24) is 15.0 Å². The van der Waals surface area contributed by atoms with Crippen LogP contribution in [0.4, 0.5) is 0 Å². The molecule has 0 amide bonds. The van der Waals surface area contributed by atoms with Crippen molar-refractivity contribution in [2.75, 3.05) is 0 Å². The Bertz CT molecular complexity index is 557. The number of nitrogens with zero attached hydrogens (tertiary/aromatic N) is 3. The zero-order chi connectivity index (χ0) is 12.8. The van der Waals surface area contributed by atoms with Gasteiger partial charge in [-0.05, 0) is 31.4 Å². The summed E-state index contributed by atoms with van der Waals surface area (Å²) in [7, 11) is 0. The lowest BCUT2D eigenvalue weighted by molar-refractivity contribution is 0.0887. The fourth-order valence-corrected chi connectivity index (χ4v) is 1.81. The SMILES string of the molecule is CC/C=C/CCCC(=O)n1nnc2ccccc21. The highest BCUT2D eigenvalue weighted by Crippen LogP contribution is 2.11. The second-order valence-corrected chi connectivity index (χ2v) is 4.16. The zero-order valence-electron chi connectivity index (χ0n) is 10.5. The van der Waals surface area contributed by atoms with Gasteiger partial charge in [-0.1, -0.05) is 36.4 Å². The number of carbonyl (C=O) groups is 1. The lowest BCUT2D eigenvalue weighted by Crippen LogP contribution is -2.11. The minimum atomic E-state index is 0.00796. The van der Waals surface area contributed by atoms with E-state index in [0.717, 1.165) is 30.3 Å². The minimum Gasteiger partial charge on any atom is -0.273 e. The predicted octanol–water partition coefficient (Wildman–Crippen LogP) is 3.21. The smallest absolute Gasteiger partial charge is 0.248 e. The number of allylic oxidation sites excluding steroid dienone is 2. The molecule has 94 valence electrons. The summed E-state index contributed by atoms with van der Waals surface area (Å²) in [6, 6.07) is 7.50. The average Bonchev–Trinajstić information content (AvgIpc) is 2.82. The van der Waals surface area contributed by atoms with Gasteiger partial charge in [0.1, 0.15) is 5.52 Å². The number of hydrogen-bond acceptors (Lipinski definition) is 3. The van der Waals surface area contributed by atoms with E-state index in [2.05, 4.69) is 29.4 Å². The topological polar surface area (TPSA) is 47.8 Å². The molecular weight excluding hydrogens is 226 g/mol. The number of rotatable bonds is 5. The Labute approximate surface area is 106 Å². The van der Waals surface area contributed by atoms with Crippen LogP contribution in [0.3, 0.4) is 0 Å². The van der Waals surface area contributed by atoms with E-state index in [-0.39, 0.29) is 5.91 Å². The number of aromatic nitrogens is 3. The summed E-state index contributed by atoms with van der Waals surface area (Å²) in [4.78, 5) is 12.0. The Morgan fingerprint density at radius 3 is 3.00 bits per heavy atom. The molecule has 0 unspecified atom stereocenters. The van der Waals surface area contributed by atoms with Gasteiger partial charge in [-0.3, -0.25) is 4.79 Å². The van der Waals surface area contributed by atoms with Gasteiger partial charge in [0.25, 0.3) is 0 Å². The second-order valence-electron chi connectivity index (χ2n) is 4.16. The molecule has 2 aromatic rings. The van der Waals surface area contributed by atoms with Gasteiger partial charge in [0.2, 0.25) is 5.91 Å². The zero-order valence-corrected chi connectivity index (χ0v) is 10.5. The first-order valence-corrected chi connectivity index (χ1v) is 6.31. The fraction of sp³-hybridized carbons (Fsp3) is 0.357. The van der Waals surface area contributed by atoms with E-state index in [1.165, 1.54) is 4.68 Å². The molecule has 0 saturated carbocycles. The van der Waals surface area contributed by atoms with E-state index in [9.17, 15) is 4.79 Å². The molecule has 0 spiro atoms. The summed E-state index contributed by atoms with van der Waals surface area (Å²) < 4.78 is 1.40. The van der Waals surface area contributed by atoms with Crippen LogP contribution in [0.25, 0.3) is 11.0 Å². The van der Waals surface area contributed by atoms with Gasteiger partial charge in [0.15, 0.2) is 0 Å². The van der Waals surface area contributed by atoms with Crippen LogP contribution in [-0.2, 0) is 0 Å². The van der Waals surface area contributed by atoms with Crippen LogP contribution in [0, 0.1) is 0 Å². The number of benzene rings is 1. The summed E-state index contributed by atoms with van der Waals surface area (Å²) >= 11 is 0. The van der Waals surface area contributed by atoms with Gasteiger partial charge in [0, 0.05) is 6.42 Å². The van der Waals surface area contributed by atoms with E-state index in [4.69, 9.17) is 0 Å². The third kappa shape index (κ3) is 2.83.